The van der Waals surface area contributed by atoms with Gasteiger partial charge in [-0.05, 0) is 29.8 Å². The van der Waals surface area contributed by atoms with Crippen LogP contribution in [0.3, 0.4) is 0 Å². The number of aromatic nitrogens is 1. The molecule has 19 heavy (non-hydrogen) atoms. The van der Waals surface area contributed by atoms with Crippen molar-refractivity contribution < 1.29 is 13.2 Å². The first-order chi connectivity index (χ1) is 9.22. The molecule has 2 aromatic carbocycles. The van der Waals surface area contributed by atoms with E-state index in [4.69, 9.17) is 4.42 Å². The van der Waals surface area contributed by atoms with Gasteiger partial charge in [0.1, 0.15) is 5.52 Å². The summed E-state index contributed by atoms with van der Waals surface area (Å²) in [6.07, 6.45) is 0. The highest BCUT2D eigenvalue weighted by atomic mass is 32.2. The first-order valence-corrected chi connectivity index (χ1v) is 6.63. The monoisotopic (exact) mass is 277 g/mol. The van der Waals surface area contributed by atoms with Gasteiger partial charge >= 0.3 is 0 Å². The van der Waals surface area contributed by atoms with Crippen LogP contribution in [-0.2, 0) is 5.75 Å². The molecule has 0 spiro atoms. The maximum Gasteiger partial charge on any atom is 0.257 e. The topological polar surface area (TPSA) is 26.0 Å². The molecule has 2 nitrogen and oxygen atoms in total. The molecule has 5 heteroatoms. The van der Waals surface area contributed by atoms with Crippen molar-refractivity contribution in [1.82, 2.24) is 4.98 Å². The van der Waals surface area contributed by atoms with Crippen LogP contribution in [0.15, 0.2) is 52.1 Å². The Hall–Kier alpha value is -1.88. The summed E-state index contributed by atoms with van der Waals surface area (Å²) < 4.78 is 31.4. The molecule has 96 valence electrons. The molecule has 1 heterocycles. The molecule has 0 saturated heterocycles. The minimum atomic E-state index is -0.837. The number of fused-ring (bicyclic) bond motifs is 1. The summed E-state index contributed by atoms with van der Waals surface area (Å²) in [4.78, 5) is 4.30. The summed E-state index contributed by atoms with van der Waals surface area (Å²) in [5.74, 6) is -1.20. The SMILES string of the molecule is Fc1ccc(CSc2nc3ccccc3o2)cc1F. The number of rotatable bonds is 3. The van der Waals surface area contributed by atoms with Gasteiger partial charge in [0.15, 0.2) is 17.2 Å². The third kappa shape index (κ3) is 2.61. The smallest absolute Gasteiger partial charge is 0.257 e. The molecule has 0 N–H and O–H groups in total. The maximum atomic E-state index is 13.0. The Bertz CT molecular complexity index is 693. The van der Waals surface area contributed by atoms with E-state index in [0.29, 0.717) is 16.5 Å². The highest BCUT2D eigenvalue weighted by Crippen LogP contribution is 2.26. The van der Waals surface area contributed by atoms with E-state index in [9.17, 15) is 8.78 Å². The first-order valence-electron chi connectivity index (χ1n) is 5.65. The van der Waals surface area contributed by atoms with Crippen LogP contribution in [0.1, 0.15) is 5.56 Å². The van der Waals surface area contributed by atoms with Gasteiger partial charge in [-0.15, -0.1) is 0 Å². The molecule has 0 radical (unpaired) electrons. The van der Waals surface area contributed by atoms with Gasteiger partial charge in [-0.2, -0.15) is 0 Å². The second-order valence-electron chi connectivity index (χ2n) is 3.98. The van der Waals surface area contributed by atoms with E-state index in [1.807, 2.05) is 24.3 Å². The van der Waals surface area contributed by atoms with Crippen molar-refractivity contribution in [3.8, 4) is 0 Å². The van der Waals surface area contributed by atoms with Crippen LogP contribution in [0.4, 0.5) is 8.78 Å². The minimum Gasteiger partial charge on any atom is -0.431 e. The van der Waals surface area contributed by atoms with E-state index in [1.54, 1.807) is 6.07 Å². The van der Waals surface area contributed by atoms with Crippen molar-refractivity contribution in [3.05, 3.63) is 59.7 Å². The lowest BCUT2D eigenvalue weighted by Gasteiger charge is -1.99. The van der Waals surface area contributed by atoms with Gasteiger partial charge in [-0.25, -0.2) is 13.8 Å². The molecule has 0 aliphatic rings. The van der Waals surface area contributed by atoms with Crippen LogP contribution in [0.2, 0.25) is 0 Å². The van der Waals surface area contributed by atoms with Gasteiger partial charge in [-0.1, -0.05) is 30.0 Å². The standard InChI is InChI=1S/C14H9F2NOS/c15-10-6-5-9(7-11(10)16)8-19-14-17-12-3-1-2-4-13(12)18-14/h1-7H,8H2. The number of nitrogens with zero attached hydrogens (tertiary/aromatic N) is 1. The number of hydrogen-bond donors (Lipinski definition) is 0. The first kappa shape index (κ1) is 12.2. The molecule has 1 aromatic heterocycles. The minimum absolute atomic E-state index is 0.476. The largest absolute Gasteiger partial charge is 0.431 e. The molecule has 0 amide bonds. The Morgan fingerprint density at radius 3 is 2.68 bits per heavy atom. The summed E-state index contributed by atoms with van der Waals surface area (Å²) in [7, 11) is 0. The lowest BCUT2D eigenvalue weighted by Crippen LogP contribution is -1.87. The molecule has 0 aliphatic carbocycles. The van der Waals surface area contributed by atoms with E-state index in [0.717, 1.165) is 17.2 Å². The van der Waals surface area contributed by atoms with E-state index in [2.05, 4.69) is 4.98 Å². The van der Waals surface area contributed by atoms with Crippen LogP contribution in [0.25, 0.3) is 11.1 Å². The van der Waals surface area contributed by atoms with Crippen LogP contribution in [0.5, 0.6) is 0 Å². The van der Waals surface area contributed by atoms with Crippen molar-refractivity contribution in [2.24, 2.45) is 0 Å². The Kier molecular flexibility index (Phi) is 3.21. The average Bonchev–Trinajstić information content (AvgIpc) is 2.83. The predicted molar refractivity (Wildman–Crippen MR) is 69.9 cm³/mol. The fourth-order valence-electron chi connectivity index (χ4n) is 1.69. The lowest BCUT2D eigenvalue weighted by molar-refractivity contribution is 0.489. The quantitative estimate of drug-likeness (QED) is 0.664. The maximum absolute atomic E-state index is 13.0. The highest BCUT2D eigenvalue weighted by Gasteiger charge is 2.07. The Labute approximate surface area is 112 Å². The van der Waals surface area contributed by atoms with Gasteiger partial charge in [0.2, 0.25) is 0 Å². The summed E-state index contributed by atoms with van der Waals surface area (Å²) in [6, 6.07) is 11.3. The molecule has 0 saturated carbocycles. The third-order valence-electron chi connectivity index (χ3n) is 2.62. The van der Waals surface area contributed by atoms with Crippen LogP contribution in [-0.4, -0.2) is 4.98 Å². The molecule has 0 fully saturated rings. The van der Waals surface area contributed by atoms with E-state index in [-0.39, 0.29) is 0 Å². The molecule has 3 aromatic rings. The van der Waals surface area contributed by atoms with Crippen LogP contribution >= 0.6 is 11.8 Å². The lowest BCUT2D eigenvalue weighted by atomic mass is 10.2. The van der Waals surface area contributed by atoms with Crippen LogP contribution in [0, 0.1) is 11.6 Å². The molecule has 3 rings (SSSR count). The molecule has 0 unspecified atom stereocenters. The number of benzene rings is 2. The molecule has 0 aliphatic heterocycles. The zero-order chi connectivity index (χ0) is 13.2. The summed E-state index contributed by atoms with van der Waals surface area (Å²) in [5.41, 5.74) is 2.19. The zero-order valence-electron chi connectivity index (χ0n) is 9.77. The molecule has 0 atom stereocenters. The average molecular weight is 277 g/mol. The van der Waals surface area contributed by atoms with Gasteiger partial charge in [0.05, 0.1) is 0 Å². The van der Waals surface area contributed by atoms with Gasteiger partial charge in [0, 0.05) is 5.75 Å². The van der Waals surface area contributed by atoms with E-state index < -0.39 is 11.6 Å². The summed E-state index contributed by atoms with van der Waals surface area (Å²) >= 11 is 1.35. The molecular formula is C14H9F2NOS. The Morgan fingerprint density at radius 1 is 1.05 bits per heavy atom. The van der Waals surface area contributed by atoms with E-state index in [1.165, 1.54) is 17.8 Å². The van der Waals surface area contributed by atoms with Crippen LogP contribution < -0.4 is 0 Å². The highest BCUT2D eigenvalue weighted by molar-refractivity contribution is 7.98. The van der Waals surface area contributed by atoms with Gasteiger partial charge in [-0.3, -0.25) is 0 Å². The van der Waals surface area contributed by atoms with Gasteiger partial charge < -0.3 is 4.42 Å². The predicted octanol–water partition coefficient (Wildman–Crippen LogP) is 4.40. The number of oxazole rings is 1. The van der Waals surface area contributed by atoms with Crippen molar-refractivity contribution >= 4 is 22.9 Å². The number of halogens is 2. The molecular weight excluding hydrogens is 268 g/mol. The Balaban J connectivity index is 1.76. The normalized spacial score (nSPS) is 11.1. The van der Waals surface area contributed by atoms with Crippen molar-refractivity contribution in [2.45, 2.75) is 11.0 Å². The van der Waals surface area contributed by atoms with Gasteiger partial charge in [0.25, 0.3) is 5.22 Å². The number of thioether (sulfide) groups is 1. The van der Waals surface area contributed by atoms with E-state index >= 15 is 0 Å². The fraction of sp³-hybridized carbons (Fsp3) is 0.0714. The molecule has 0 bridgehead atoms. The zero-order valence-corrected chi connectivity index (χ0v) is 10.6. The summed E-state index contributed by atoms with van der Waals surface area (Å²) in [5, 5.41) is 0.519. The number of hydrogen-bond acceptors (Lipinski definition) is 3. The van der Waals surface area contributed by atoms with Crippen molar-refractivity contribution in [3.63, 3.8) is 0 Å². The number of para-hydroxylation sites is 2. The second kappa shape index (κ2) is 5.01. The fourth-order valence-corrected chi connectivity index (χ4v) is 2.47. The van der Waals surface area contributed by atoms with Crippen molar-refractivity contribution in [2.75, 3.05) is 0 Å². The second-order valence-corrected chi connectivity index (χ2v) is 4.91. The summed E-state index contributed by atoms with van der Waals surface area (Å²) in [6.45, 7) is 0. The Morgan fingerprint density at radius 2 is 1.89 bits per heavy atom. The third-order valence-corrected chi connectivity index (χ3v) is 3.52. The van der Waals surface area contributed by atoms with Crippen molar-refractivity contribution in [1.29, 1.82) is 0 Å².